The van der Waals surface area contributed by atoms with Crippen LogP contribution in [0.3, 0.4) is 0 Å². The standard InChI is InChI=1S/C32H45N5O6/c1-24(26-10-3-2-4-11-26)35-29(39)28(38)27(12-5-6-16-34-30(40)36-17-19-43-20-18-36)37(31(41)42)23-32(13-8-14-32)21-25-9-7-15-33-22-25/h2-4,7,9-11,15,22,24,27-28,38H,5-6,8,12-14,16-21,23H2,1H3,(H,34,40)(H,35,39)(H,41,42)/t24-,27+,28?/m1/s1. The summed E-state index contributed by atoms with van der Waals surface area (Å²) in [5.74, 6) is -0.608. The van der Waals surface area contributed by atoms with Crippen molar-refractivity contribution in [1.29, 1.82) is 0 Å². The van der Waals surface area contributed by atoms with Crippen LogP contribution in [0.25, 0.3) is 0 Å². The maximum absolute atomic E-state index is 13.3. The lowest BCUT2D eigenvalue weighted by atomic mass is 9.65. The van der Waals surface area contributed by atoms with Gasteiger partial charge in [-0.15, -0.1) is 0 Å². The molecule has 4 amide bonds. The number of urea groups is 1. The molecule has 2 fully saturated rings. The van der Waals surface area contributed by atoms with E-state index in [0.717, 1.165) is 30.4 Å². The maximum Gasteiger partial charge on any atom is 0.407 e. The van der Waals surface area contributed by atoms with Gasteiger partial charge in [0, 0.05) is 38.6 Å². The number of unbranched alkanes of at least 4 members (excludes halogenated alkanes) is 1. The fraction of sp³-hybridized carbons (Fsp3) is 0.562. The molecule has 3 atom stereocenters. The Bertz CT molecular complexity index is 1170. The van der Waals surface area contributed by atoms with Crippen molar-refractivity contribution in [2.75, 3.05) is 39.4 Å². The number of aliphatic hydroxyl groups is 1. The van der Waals surface area contributed by atoms with Crippen molar-refractivity contribution >= 4 is 18.0 Å². The van der Waals surface area contributed by atoms with E-state index in [9.17, 15) is 24.6 Å². The highest BCUT2D eigenvalue weighted by Crippen LogP contribution is 2.45. The van der Waals surface area contributed by atoms with Crippen LogP contribution in [0.5, 0.6) is 0 Å². The largest absolute Gasteiger partial charge is 0.465 e. The number of benzene rings is 1. The molecule has 4 rings (SSSR count). The van der Waals surface area contributed by atoms with Gasteiger partial charge in [-0.25, -0.2) is 9.59 Å². The molecule has 1 saturated carbocycles. The van der Waals surface area contributed by atoms with Gasteiger partial charge >= 0.3 is 12.1 Å². The number of morpholine rings is 1. The monoisotopic (exact) mass is 595 g/mol. The summed E-state index contributed by atoms with van der Waals surface area (Å²) in [6.07, 6.45) is 5.58. The molecule has 1 aliphatic heterocycles. The average molecular weight is 596 g/mol. The van der Waals surface area contributed by atoms with E-state index in [0.29, 0.717) is 52.1 Å². The maximum atomic E-state index is 13.3. The first-order valence-electron chi connectivity index (χ1n) is 15.3. The van der Waals surface area contributed by atoms with Gasteiger partial charge < -0.3 is 35.4 Å². The molecule has 2 heterocycles. The quantitative estimate of drug-likeness (QED) is 0.244. The first-order chi connectivity index (χ1) is 20.8. The van der Waals surface area contributed by atoms with E-state index < -0.39 is 24.1 Å². The third-order valence-electron chi connectivity index (χ3n) is 8.66. The van der Waals surface area contributed by atoms with Gasteiger partial charge in [-0.05, 0) is 68.1 Å². The predicted molar refractivity (Wildman–Crippen MR) is 161 cm³/mol. The van der Waals surface area contributed by atoms with Crippen molar-refractivity contribution < 1.29 is 29.3 Å². The molecule has 1 saturated heterocycles. The number of amides is 4. The molecule has 0 bridgehead atoms. The number of hydrogen-bond donors (Lipinski definition) is 4. The van der Waals surface area contributed by atoms with Gasteiger partial charge in [-0.2, -0.15) is 0 Å². The van der Waals surface area contributed by atoms with Crippen molar-refractivity contribution in [1.82, 2.24) is 25.4 Å². The van der Waals surface area contributed by atoms with Gasteiger partial charge in [0.2, 0.25) is 0 Å². The Labute approximate surface area is 253 Å². The Kier molecular flexibility index (Phi) is 11.7. The van der Waals surface area contributed by atoms with Gasteiger partial charge in [-0.1, -0.05) is 42.8 Å². The van der Waals surface area contributed by atoms with Gasteiger partial charge in [0.15, 0.2) is 6.10 Å². The predicted octanol–water partition coefficient (Wildman–Crippen LogP) is 3.59. The molecule has 0 radical (unpaired) electrons. The average Bonchev–Trinajstić information content (AvgIpc) is 3.01. The lowest BCUT2D eigenvalue weighted by Gasteiger charge is -2.47. The van der Waals surface area contributed by atoms with Crippen LogP contribution in [0, 0.1) is 5.41 Å². The normalized spacial score (nSPS) is 18.0. The molecule has 1 unspecified atom stereocenters. The van der Waals surface area contributed by atoms with Gasteiger partial charge in [0.25, 0.3) is 5.91 Å². The summed E-state index contributed by atoms with van der Waals surface area (Å²) in [4.78, 5) is 45.7. The summed E-state index contributed by atoms with van der Waals surface area (Å²) in [6, 6.07) is 11.8. The smallest absolute Gasteiger partial charge is 0.407 e. The molecular weight excluding hydrogens is 550 g/mol. The van der Waals surface area contributed by atoms with E-state index in [1.807, 2.05) is 49.4 Å². The molecule has 43 heavy (non-hydrogen) atoms. The number of carbonyl (C=O) groups excluding carboxylic acids is 2. The molecule has 1 aromatic heterocycles. The highest BCUT2D eigenvalue weighted by atomic mass is 16.5. The number of aromatic nitrogens is 1. The Morgan fingerprint density at radius 1 is 1.09 bits per heavy atom. The minimum atomic E-state index is -1.55. The van der Waals surface area contributed by atoms with Crippen LogP contribution in [-0.4, -0.2) is 94.6 Å². The number of pyridine rings is 1. The highest BCUT2D eigenvalue weighted by molar-refractivity contribution is 5.82. The highest BCUT2D eigenvalue weighted by Gasteiger charge is 2.43. The zero-order valence-corrected chi connectivity index (χ0v) is 25.0. The number of hydrogen-bond acceptors (Lipinski definition) is 6. The summed E-state index contributed by atoms with van der Waals surface area (Å²) >= 11 is 0. The van der Waals surface area contributed by atoms with Crippen LogP contribution in [0.15, 0.2) is 54.9 Å². The van der Waals surface area contributed by atoms with Gasteiger partial charge in [-0.3, -0.25) is 9.78 Å². The lowest BCUT2D eigenvalue weighted by Crippen LogP contribution is -2.56. The Hall–Kier alpha value is -3.70. The zero-order valence-electron chi connectivity index (χ0n) is 25.0. The molecule has 2 aliphatic rings. The summed E-state index contributed by atoms with van der Waals surface area (Å²) in [5.41, 5.74) is 1.64. The second-order valence-electron chi connectivity index (χ2n) is 11.8. The van der Waals surface area contributed by atoms with E-state index in [2.05, 4.69) is 15.6 Å². The molecule has 1 aliphatic carbocycles. The molecule has 4 N–H and O–H groups in total. The summed E-state index contributed by atoms with van der Waals surface area (Å²) in [6.45, 7) is 4.59. The molecule has 0 spiro atoms. The van der Waals surface area contributed by atoms with E-state index in [4.69, 9.17) is 4.74 Å². The van der Waals surface area contributed by atoms with Crippen LogP contribution < -0.4 is 10.6 Å². The molecule has 234 valence electrons. The molecule has 1 aromatic carbocycles. The third kappa shape index (κ3) is 9.14. The van der Waals surface area contributed by atoms with Crippen molar-refractivity contribution in [3.63, 3.8) is 0 Å². The van der Waals surface area contributed by atoms with Crippen molar-refractivity contribution in [3.05, 3.63) is 66.0 Å². The number of rotatable bonds is 14. The second kappa shape index (κ2) is 15.7. The zero-order chi connectivity index (χ0) is 30.7. The first kappa shape index (κ1) is 32.2. The Morgan fingerprint density at radius 3 is 2.47 bits per heavy atom. The van der Waals surface area contributed by atoms with E-state index >= 15 is 0 Å². The fourth-order valence-corrected chi connectivity index (χ4v) is 6.03. The van der Waals surface area contributed by atoms with E-state index in [-0.39, 0.29) is 30.5 Å². The third-order valence-corrected chi connectivity index (χ3v) is 8.66. The number of aliphatic hydroxyl groups excluding tert-OH is 1. The van der Waals surface area contributed by atoms with Crippen molar-refractivity contribution in [2.24, 2.45) is 5.41 Å². The minimum Gasteiger partial charge on any atom is -0.465 e. The molecular formula is C32H45N5O6. The van der Waals surface area contributed by atoms with Crippen LogP contribution >= 0.6 is 0 Å². The number of ether oxygens (including phenoxy) is 1. The van der Waals surface area contributed by atoms with Crippen molar-refractivity contribution in [3.8, 4) is 0 Å². The first-order valence-corrected chi connectivity index (χ1v) is 15.3. The van der Waals surface area contributed by atoms with Gasteiger partial charge in [0.05, 0.1) is 25.3 Å². The van der Waals surface area contributed by atoms with Crippen LogP contribution in [0.1, 0.15) is 62.6 Å². The lowest BCUT2D eigenvalue weighted by molar-refractivity contribution is -0.134. The molecule has 11 nitrogen and oxygen atoms in total. The number of nitrogens with one attached hydrogen (secondary N) is 2. The fourth-order valence-electron chi connectivity index (χ4n) is 6.03. The van der Waals surface area contributed by atoms with Crippen LogP contribution in [-0.2, 0) is 16.0 Å². The van der Waals surface area contributed by atoms with E-state index in [1.165, 1.54) is 4.90 Å². The summed E-state index contributed by atoms with van der Waals surface area (Å²) in [7, 11) is 0. The molecule has 2 aromatic rings. The Balaban J connectivity index is 1.43. The van der Waals surface area contributed by atoms with Crippen molar-refractivity contribution in [2.45, 2.75) is 70.1 Å². The van der Waals surface area contributed by atoms with Crippen LogP contribution in [0.4, 0.5) is 9.59 Å². The van der Waals surface area contributed by atoms with Crippen LogP contribution in [0.2, 0.25) is 0 Å². The number of nitrogens with zero attached hydrogens (tertiary/aromatic N) is 3. The van der Waals surface area contributed by atoms with E-state index in [1.54, 1.807) is 17.3 Å². The number of carboxylic acid groups (broad SMARTS) is 1. The summed E-state index contributed by atoms with van der Waals surface area (Å²) in [5, 5.41) is 27.5. The topological polar surface area (TPSA) is 144 Å². The number of carbonyl (C=O) groups is 3. The Morgan fingerprint density at radius 2 is 1.84 bits per heavy atom. The SMILES string of the molecule is C[C@@H](NC(=O)C(O)[C@H](CCCCNC(=O)N1CCOCC1)N(CC1(Cc2cccnc2)CCC1)C(=O)O)c1ccccc1. The second-order valence-corrected chi connectivity index (χ2v) is 11.8. The minimum absolute atomic E-state index is 0.149. The summed E-state index contributed by atoms with van der Waals surface area (Å²) < 4.78 is 5.30. The molecule has 11 heteroatoms. The van der Waals surface area contributed by atoms with Gasteiger partial charge in [0.1, 0.15) is 0 Å².